The molecule has 3 nitrogen and oxygen atoms in total. The Labute approximate surface area is 185 Å². The summed E-state index contributed by atoms with van der Waals surface area (Å²) in [6.07, 6.45) is 0. The van der Waals surface area contributed by atoms with E-state index in [1.54, 1.807) is 0 Å². The van der Waals surface area contributed by atoms with E-state index in [1.165, 1.54) is 0 Å². The molecular weight excluding hydrogens is 550 g/mol. The van der Waals surface area contributed by atoms with Gasteiger partial charge in [-0.05, 0) is 46.9 Å². The van der Waals surface area contributed by atoms with Crippen molar-refractivity contribution in [3.8, 4) is 0 Å². The third kappa shape index (κ3) is 5.32. The number of aryl methyl sites for hydroxylation is 2. The molecule has 0 heterocycles. The van der Waals surface area contributed by atoms with Crippen molar-refractivity contribution in [1.82, 2.24) is 0 Å². The molecule has 0 saturated carbocycles. The maximum atomic E-state index is 10.6. The molecule has 2 rings (SSSR count). The molecule has 0 aliphatic heterocycles. The topological polar surface area (TPSA) is 60.7 Å². The quantitative estimate of drug-likeness (QED) is 0.405. The summed E-state index contributed by atoms with van der Waals surface area (Å²) in [5.41, 5.74) is 4.36. The predicted octanol–water partition coefficient (Wildman–Crippen LogP) is 5.72. The maximum absolute atomic E-state index is 10.6. The number of hydrogen-bond acceptors (Lipinski definition) is 3. The Hall–Kier alpha value is -0.562. The molecular formula is C23H34O3PPt+. The van der Waals surface area contributed by atoms with E-state index < -0.39 is 13.6 Å². The van der Waals surface area contributed by atoms with Crippen LogP contribution in [0.3, 0.4) is 0 Å². The summed E-state index contributed by atoms with van der Waals surface area (Å²) >= 11 is 0. The van der Waals surface area contributed by atoms with Gasteiger partial charge < -0.3 is 0 Å². The minimum Gasteiger partial charge on any atom is -0.192 e. The SMILES string of the molecule is Cc1cccc(C(C)(C)C)c1C(c1c(C)cccc1C(C)(C)C)[P+](O)(O)O.[Pt]. The smallest absolute Gasteiger partial charge is 0.192 e. The molecule has 0 saturated heterocycles. The summed E-state index contributed by atoms with van der Waals surface area (Å²) < 4.78 is 0. The van der Waals surface area contributed by atoms with Crippen molar-refractivity contribution in [3.63, 3.8) is 0 Å². The van der Waals surface area contributed by atoms with Gasteiger partial charge in [-0.15, -0.1) is 0 Å². The van der Waals surface area contributed by atoms with Gasteiger partial charge in [-0.2, -0.15) is 14.7 Å². The molecule has 3 N–H and O–H groups in total. The van der Waals surface area contributed by atoms with E-state index in [-0.39, 0.29) is 31.9 Å². The first kappa shape index (κ1) is 25.5. The standard InChI is InChI=1S/C23H34O3P.Pt/c1-15-11-9-13-17(22(3,4)5)19(15)21(27(24,25)26)20-16(2)12-10-14-18(20)23(6,7)8;/h9-14,21,24-26H,1-8H3;/q+1;. The normalized spacial score (nSPS) is 12.9. The van der Waals surface area contributed by atoms with Gasteiger partial charge in [0.1, 0.15) is 0 Å². The van der Waals surface area contributed by atoms with Crippen LogP contribution in [0.15, 0.2) is 36.4 Å². The summed E-state index contributed by atoms with van der Waals surface area (Å²) in [6, 6.07) is 12.0. The van der Waals surface area contributed by atoms with Crippen LogP contribution in [0.25, 0.3) is 0 Å². The van der Waals surface area contributed by atoms with Crippen molar-refractivity contribution in [3.05, 3.63) is 69.8 Å². The van der Waals surface area contributed by atoms with Gasteiger partial charge in [-0.1, -0.05) is 77.9 Å². The summed E-state index contributed by atoms with van der Waals surface area (Å²) in [7, 11) is -4.22. The third-order valence-corrected chi connectivity index (χ3v) is 6.37. The Bertz CT molecular complexity index is 764. The van der Waals surface area contributed by atoms with Crippen LogP contribution in [0.5, 0.6) is 0 Å². The second-order valence-electron chi connectivity index (χ2n) is 9.59. The van der Waals surface area contributed by atoms with E-state index in [1.807, 2.05) is 50.2 Å². The molecule has 2 aromatic rings. The van der Waals surface area contributed by atoms with Crippen LogP contribution in [-0.2, 0) is 31.9 Å². The number of benzene rings is 2. The second kappa shape index (κ2) is 8.66. The molecule has 0 bridgehead atoms. The van der Waals surface area contributed by atoms with Crippen molar-refractivity contribution < 1.29 is 35.7 Å². The Morgan fingerprint density at radius 2 is 1.00 bits per heavy atom. The average Bonchev–Trinajstić information content (AvgIpc) is 2.47. The maximum Gasteiger partial charge on any atom is 0.416 e. The molecule has 0 aromatic heterocycles. The average molecular weight is 585 g/mol. The van der Waals surface area contributed by atoms with Crippen LogP contribution in [0.2, 0.25) is 0 Å². The van der Waals surface area contributed by atoms with Crippen LogP contribution < -0.4 is 0 Å². The number of hydrogen-bond donors (Lipinski definition) is 3. The van der Waals surface area contributed by atoms with Crippen molar-refractivity contribution in [2.45, 2.75) is 71.9 Å². The molecule has 0 spiro atoms. The molecule has 0 fully saturated rings. The fourth-order valence-electron chi connectivity index (χ4n) is 3.89. The van der Waals surface area contributed by atoms with Gasteiger partial charge in [-0.3, -0.25) is 0 Å². The zero-order valence-electron chi connectivity index (χ0n) is 18.1. The summed E-state index contributed by atoms with van der Waals surface area (Å²) in [5, 5.41) is 0. The van der Waals surface area contributed by atoms with Crippen LogP contribution in [0.4, 0.5) is 0 Å². The first-order valence-electron chi connectivity index (χ1n) is 9.42. The van der Waals surface area contributed by atoms with Gasteiger partial charge in [0.05, 0.1) is 0 Å². The largest absolute Gasteiger partial charge is 0.416 e. The molecule has 0 atom stereocenters. The van der Waals surface area contributed by atoms with Gasteiger partial charge in [0, 0.05) is 32.2 Å². The molecule has 28 heavy (non-hydrogen) atoms. The zero-order valence-corrected chi connectivity index (χ0v) is 21.3. The second-order valence-corrected chi connectivity index (χ2v) is 11.3. The molecule has 158 valence electrons. The summed E-state index contributed by atoms with van der Waals surface area (Å²) in [5.74, 6) is 0. The Balaban J connectivity index is 0.00000392. The minimum absolute atomic E-state index is 0. The van der Waals surface area contributed by atoms with Crippen LogP contribution in [0, 0.1) is 13.8 Å². The Morgan fingerprint density at radius 3 is 1.25 bits per heavy atom. The predicted molar refractivity (Wildman–Crippen MR) is 115 cm³/mol. The van der Waals surface area contributed by atoms with Crippen LogP contribution in [0.1, 0.15) is 80.6 Å². The van der Waals surface area contributed by atoms with Crippen molar-refractivity contribution in [2.75, 3.05) is 0 Å². The van der Waals surface area contributed by atoms with E-state index >= 15 is 0 Å². The van der Waals surface area contributed by atoms with E-state index in [2.05, 4.69) is 41.5 Å². The third-order valence-electron chi connectivity index (χ3n) is 5.16. The fraction of sp³-hybridized carbons (Fsp3) is 0.478. The number of rotatable bonds is 3. The minimum atomic E-state index is -4.22. The van der Waals surface area contributed by atoms with Gasteiger partial charge in [0.2, 0.25) is 5.66 Å². The monoisotopic (exact) mass is 584 g/mol. The molecule has 2 aromatic carbocycles. The van der Waals surface area contributed by atoms with Crippen LogP contribution >= 0.6 is 7.94 Å². The molecule has 5 heteroatoms. The Kier molecular flexibility index (Phi) is 7.88. The summed E-state index contributed by atoms with van der Waals surface area (Å²) in [4.78, 5) is 31.9. The first-order chi connectivity index (χ1) is 12.2. The van der Waals surface area contributed by atoms with Gasteiger partial charge in [0.25, 0.3) is 0 Å². The van der Waals surface area contributed by atoms with E-state index in [0.29, 0.717) is 0 Å². The van der Waals surface area contributed by atoms with Crippen LogP contribution in [-0.4, -0.2) is 14.7 Å². The van der Waals surface area contributed by atoms with Crippen molar-refractivity contribution in [2.24, 2.45) is 0 Å². The van der Waals surface area contributed by atoms with E-state index in [4.69, 9.17) is 0 Å². The zero-order chi connectivity index (χ0) is 20.8. The van der Waals surface area contributed by atoms with E-state index in [0.717, 1.165) is 33.4 Å². The molecule has 0 aliphatic carbocycles. The fourth-order valence-corrected chi connectivity index (χ4v) is 5.26. The molecule has 0 unspecified atom stereocenters. The van der Waals surface area contributed by atoms with Crippen molar-refractivity contribution >= 4 is 7.94 Å². The van der Waals surface area contributed by atoms with Gasteiger partial charge in [-0.25, -0.2) is 0 Å². The van der Waals surface area contributed by atoms with E-state index in [9.17, 15) is 14.7 Å². The molecule has 0 radical (unpaired) electrons. The van der Waals surface area contributed by atoms with Gasteiger partial charge >= 0.3 is 7.94 Å². The van der Waals surface area contributed by atoms with Crippen molar-refractivity contribution in [1.29, 1.82) is 0 Å². The molecule has 0 amide bonds. The Morgan fingerprint density at radius 1 is 0.679 bits per heavy atom. The van der Waals surface area contributed by atoms with Gasteiger partial charge in [0.15, 0.2) is 0 Å². The summed E-state index contributed by atoms with van der Waals surface area (Å²) in [6.45, 7) is 16.6. The molecule has 0 aliphatic rings. The first-order valence-corrected chi connectivity index (χ1v) is 11.1.